The number of urea groups is 1. The van der Waals surface area contributed by atoms with E-state index in [1.807, 2.05) is 30.3 Å². The van der Waals surface area contributed by atoms with Gasteiger partial charge in [0.1, 0.15) is 17.8 Å². The maximum atomic E-state index is 12.3. The van der Waals surface area contributed by atoms with Crippen LogP contribution < -0.4 is 10.2 Å². The van der Waals surface area contributed by atoms with Crippen LogP contribution in [0, 0.1) is 17.2 Å². The van der Waals surface area contributed by atoms with Gasteiger partial charge in [-0.25, -0.2) is 14.8 Å². The molecule has 2 unspecified atom stereocenters. The first-order valence-corrected chi connectivity index (χ1v) is 8.52. The summed E-state index contributed by atoms with van der Waals surface area (Å²) in [4.78, 5) is 28.1. The average Bonchev–Trinajstić information content (AvgIpc) is 3.10. The standard InChI is InChI=1S/C17H23N7O/c1-12-5-9-24(17(25)20-7-3-6-18)10-14(12)23(2)16-13-4-8-19-15(13)21-11-22-16/h4,8,11-12,14H,3,5,7,9-10H2,1-2H3,(H,20,25)(H,19,21,22). The molecule has 8 heteroatoms. The van der Waals surface area contributed by atoms with Gasteiger partial charge in [0.2, 0.25) is 0 Å². The Labute approximate surface area is 146 Å². The lowest BCUT2D eigenvalue weighted by Gasteiger charge is -2.42. The highest BCUT2D eigenvalue weighted by Gasteiger charge is 2.32. The highest BCUT2D eigenvalue weighted by atomic mass is 16.2. The maximum Gasteiger partial charge on any atom is 0.317 e. The van der Waals surface area contributed by atoms with Crippen molar-refractivity contribution >= 4 is 22.9 Å². The molecule has 1 saturated heterocycles. The Hall–Kier alpha value is -2.82. The van der Waals surface area contributed by atoms with Gasteiger partial charge in [-0.2, -0.15) is 5.26 Å². The molecular weight excluding hydrogens is 318 g/mol. The normalized spacial score (nSPS) is 20.3. The summed E-state index contributed by atoms with van der Waals surface area (Å²) in [5.41, 5.74) is 0.811. The molecule has 2 aromatic heterocycles. The maximum absolute atomic E-state index is 12.3. The van der Waals surface area contributed by atoms with E-state index in [0.29, 0.717) is 25.4 Å². The molecule has 3 heterocycles. The molecule has 2 aromatic rings. The first-order chi connectivity index (χ1) is 12.1. The summed E-state index contributed by atoms with van der Waals surface area (Å²) in [6.07, 6.45) is 4.67. The third-order valence-corrected chi connectivity index (χ3v) is 4.88. The summed E-state index contributed by atoms with van der Waals surface area (Å²) in [7, 11) is 2.02. The fraction of sp³-hybridized carbons (Fsp3) is 0.529. The van der Waals surface area contributed by atoms with Gasteiger partial charge < -0.3 is 20.1 Å². The van der Waals surface area contributed by atoms with Gasteiger partial charge in [0, 0.05) is 32.9 Å². The first-order valence-electron chi connectivity index (χ1n) is 8.52. The smallest absolute Gasteiger partial charge is 0.317 e. The van der Waals surface area contributed by atoms with Gasteiger partial charge in [-0.15, -0.1) is 0 Å². The predicted octanol–water partition coefficient (Wildman–Crippen LogP) is 1.73. The van der Waals surface area contributed by atoms with Gasteiger partial charge in [0.15, 0.2) is 0 Å². The molecule has 0 bridgehead atoms. The van der Waals surface area contributed by atoms with Crippen molar-refractivity contribution in [2.75, 3.05) is 31.6 Å². The number of aromatic nitrogens is 3. The van der Waals surface area contributed by atoms with Crippen molar-refractivity contribution in [2.45, 2.75) is 25.8 Å². The molecule has 0 aromatic carbocycles. The fourth-order valence-electron chi connectivity index (χ4n) is 3.37. The number of carbonyl (C=O) groups excluding carboxylic acids is 1. The summed E-state index contributed by atoms with van der Waals surface area (Å²) in [5.74, 6) is 1.31. The van der Waals surface area contributed by atoms with E-state index in [9.17, 15) is 4.79 Å². The van der Waals surface area contributed by atoms with Gasteiger partial charge in [-0.1, -0.05) is 6.92 Å². The summed E-state index contributed by atoms with van der Waals surface area (Å²) < 4.78 is 0. The molecule has 8 nitrogen and oxygen atoms in total. The van der Waals surface area contributed by atoms with Crippen molar-refractivity contribution in [3.05, 3.63) is 18.6 Å². The van der Waals surface area contributed by atoms with Crippen molar-refractivity contribution in [1.82, 2.24) is 25.2 Å². The van der Waals surface area contributed by atoms with Crippen LogP contribution in [-0.2, 0) is 0 Å². The average molecular weight is 341 g/mol. The largest absolute Gasteiger partial charge is 0.354 e. The van der Waals surface area contributed by atoms with Crippen molar-refractivity contribution in [3.8, 4) is 6.07 Å². The van der Waals surface area contributed by atoms with E-state index < -0.39 is 0 Å². The highest BCUT2D eigenvalue weighted by molar-refractivity contribution is 5.87. The van der Waals surface area contributed by atoms with E-state index >= 15 is 0 Å². The Morgan fingerprint density at radius 2 is 2.40 bits per heavy atom. The van der Waals surface area contributed by atoms with Crippen LogP contribution >= 0.6 is 0 Å². The number of H-pyrrole nitrogens is 1. The molecule has 25 heavy (non-hydrogen) atoms. The van der Waals surface area contributed by atoms with E-state index in [-0.39, 0.29) is 12.1 Å². The van der Waals surface area contributed by atoms with Gasteiger partial charge >= 0.3 is 6.03 Å². The van der Waals surface area contributed by atoms with Crippen LogP contribution in [0.3, 0.4) is 0 Å². The van der Waals surface area contributed by atoms with Crippen LogP contribution in [0.2, 0.25) is 0 Å². The second-order valence-corrected chi connectivity index (χ2v) is 6.47. The number of nitriles is 1. The molecule has 0 saturated carbocycles. The number of piperidine rings is 1. The summed E-state index contributed by atoms with van der Waals surface area (Å²) in [6, 6.07) is 4.08. The Balaban J connectivity index is 1.74. The zero-order chi connectivity index (χ0) is 17.8. The van der Waals surface area contributed by atoms with Gasteiger partial charge in [0.05, 0.1) is 23.9 Å². The van der Waals surface area contributed by atoms with Crippen molar-refractivity contribution < 1.29 is 4.79 Å². The number of nitrogens with one attached hydrogen (secondary N) is 2. The summed E-state index contributed by atoms with van der Waals surface area (Å²) in [5, 5.41) is 12.4. The highest BCUT2D eigenvalue weighted by Crippen LogP contribution is 2.28. The third kappa shape index (κ3) is 3.50. The van der Waals surface area contributed by atoms with Crippen molar-refractivity contribution in [1.29, 1.82) is 5.26 Å². The lowest BCUT2D eigenvalue weighted by molar-refractivity contribution is 0.161. The Morgan fingerprint density at radius 3 is 3.20 bits per heavy atom. The molecule has 2 atom stereocenters. The molecule has 0 aliphatic carbocycles. The number of anilines is 1. The minimum atomic E-state index is -0.102. The minimum Gasteiger partial charge on any atom is -0.354 e. The summed E-state index contributed by atoms with van der Waals surface area (Å²) in [6.45, 7) is 3.96. The lowest BCUT2D eigenvalue weighted by atomic mass is 9.92. The third-order valence-electron chi connectivity index (χ3n) is 4.88. The molecule has 1 aliphatic rings. The molecule has 0 radical (unpaired) electrons. The zero-order valence-electron chi connectivity index (χ0n) is 14.6. The number of rotatable bonds is 4. The predicted molar refractivity (Wildman–Crippen MR) is 95.1 cm³/mol. The number of hydrogen-bond donors (Lipinski definition) is 2. The second-order valence-electron chi connectivity index (χ2n) is 6.47. The topological polar surface area (TPSA) is 101 Å². The molecule has 2 amide bonds. The van der Waals surface area contributed by atoms with Crippen LogP contribution in [0.4, 0.5) is 10.6 Å². The number of amides is 2. The van der Waals surface area contributed by atoms with Crippen molar-refractivity contribution in [2.24, 2.45) is 5.92 Å². The van der Waals surface area contributed by atoms with E-state index in [4.69, 9.17) is 5.26 Å². The van der Waals surface area contributed by atoms with Crippen LogP contribution in [0.15, 0.2) is 18.6 Å². The molecule has 1 aliphatic heterocycles. The number of likely N-dealkylation sites (tertiary alicyclic amines) is 1. The van der Waals surface area contributed by atoms with E-state index in [0.717, 1.165) is 29.8 Å². The molecule has 2 N–H and O–H groups in total. The number of fused-ring (bicyclic) bond motifs is 1. The van der Waals surface area contributed by atoms with E-state index in [1.165, 1.54) is 0 Å². The van der Waals surface area contributed by atoms with Crippen LogP contribution in [0.5, 0.6) is 0 Å². The zero-order valence-corrected chi connectivity index (χ0v) is 14.6. The molecule has 1 fully saturated rings. The Kier molecular flexibility index (Phi) is 5.03. The Morgan fingerprint density at radius 1 is 1.56 bits per heavy atom. The van der Waals surface area contributed by atoms with Crippen LogP contribution in [0.25, 0.3) is 11.0 Å². The van der Waals surface area contributed by atoms with Crippen molar-refractivity contribution in [3.63, 3.8) is 0 Å². The quantitative estimate of drug-likeness (QED) is 0.825. The van der Waals surface area contributed by atoms with Crippen LogP contribution in [-0.4, -0.2) is 58.6 Å². The molecular formula is C17H23N7O. The molecule has 132 valence electrons. The fourth-order valence-corrected chi connectivity index (χ4v) is 3.37. The monoisotopic (exact) mass is 341 g/mol. The van der Waals surface area contributed by atoms with Gasteiger partial charge in [-0.3, -0.25) is 0 Å². The van der Waals surface area contributed by atoms with Crippen LogP contribution in [0.1, 0.15) is 19.8 Å². The number of aromatic amines is 1. The molecule has 0 spiro atoms. The first kappa shape index (κ1) is 17.0. The second kappa shape index (κ2) is 7.38. The van der Waals surface area contributed by atoms with Gasteiger partial charge in [-0.05, 0) is 18.4 Å². The molecule has 3 rings (SSSR count). The van der Waals surface area contributed by atoms with Gasteiger partial charge in [0.25, 0.3) is 0 Å². The van der Waals surface area contributed by atoms with E-state index in [2.05, 4.69) is 32.1 Å². The SMILES string of the molecule is CC1CCN(C(=O)NCCC#N)CC1N(C)c1ncnc2[nH]ccc12. The number of nitrogens with zero attached hydrogens (tertiary/aromatic N) is 5. The lowest BCUT2D eigenvalue weighted by Crippen LogP contribution is -2.55. The van der Waals surface area contributed by atoms with E-state index in [1.54, 1.807) is 6.33 Å². The Bertz CT molecular complexity index is 781. The number of hydrogen-bond acceptors (Lipinski definition) is 5. The number of likely N-dealkylation sites (N-methyl/N-ethyl adjacent to an activating group) is 1. The minimum absolute atomic E-state index is 0.102. The number of carbonyl (C=O) groups is 1. The summed E-state index contributed by atoms with van der Waals surface area (Å²) >= 11 is 0.